The molecule has 0 aliphatic carbocycles. The van der Waals surface area contributed by atoms with Crippen LogP contribution in [0.25, 0.3) is 11.4 Å². The minimum absolute atomic E-state index is 0.681. The average Bonchev–Trinajstić information content (AvgIpc) is 3.06. The van der Waals surface area contributed by atoms with E-state index in [1.165, 1.54) is 0 Å². The molecule has 6 heteroatoms. The highest BCUT2D eigenvalue weighted by Crippen LogP contribution is 2.19. The summed E-state index contributed by atoms with van der Waals surface area (Å²) < 4.78 is 2.00. The van der Waals surface area contributed by atoms with Gasteiger partial charge in [-0.15, -0.1) is 0 Å². The molecule has 2 aromatic heterocycles. The predicted molar refractivity (Wildman–Crippen MR) is 77.1 cm³/mol. The van der Waals surface area contributed by atoms with E-state index in [1.54, 1.807) is 6.20 Å². The van der Waals surface area contributed by atoms with Crippen LogP contribution in [0.4, 0.5) is 5.69 Å². The lowest BCUT2D eigenvalue weighted by molar-refractivity contribution is 0.813. The van der Waals surface area contributed by atoms with Crippen LogP contribution < -0.4 is 5.32 Å². The number of nitrogens with zero attached hydrogens (tertiary/aromatic N) is 4. The Labute approximate surface area is 116 Å². The molecule has 2 heterocycles. The van der Waals surface area contributed by atoms with Crippen molar-refractivity contribution in [2.75, 3.05) is 5.32 Å². The highest BCUT2D eigenvalue weighted by Gasteiger charge is 2.05. The van der Waals surface area contributed by atoms with E-state index in [9.17, 15) is 0 Å². The first-order valence-corrected chi connectivity index (χ1v) is 6.42. The Balaban J connectivity index is 1.76. The van der Waals surface area contributed by atoms with Crippen molar-refractivity contribution in [2.24, 2.45) is 7.05 Å². The van der Waals surface area contributed by atoms with Gasteiger partial charge in [-0.1, -0.05) is 12.1 Å². The normalized spacial score (nSPS) is 10.7. The standard InChI is InChI=1S/C14H16N6/c1-10-17-14(19-18-10)11-4-3-5-12(8-11)16-9-13-15-6-7-20(13)2/h3-8,16H,9H2,1-2H3,(H,17,18,19). The van der Waals surface area contributed by atoms with Crippen LogP contribution in [0.15, 0.2) is 36.7 Å². The average molecular weight is 268 g/mol. The second kappa shape index (κ2) is 5.16. The second-order valence-corrected chi connectivity index (χ2v) is 4.63. The number of aromatic nitrogens is 5. The Bertz CT molecular complexity index is 712. The maximum Gasteiger partial charge on any atom is 0.181 e. The number of benzene rings is 1. The monoisotopic (exact) mass is 268 g/mol. The third-order valence-electron chi connectivity index (χ3n) is 3.09. The van der Waals surface area contributed by atoms with Gasteiger partial charge in [0.25, 0.3) is 0 Å². The molecule has 0 unspecified atom stereocenters. The first-order chi connectivity index (χ1) is 9.72. The molecule has 0 spiro atoms. The van der Waals surface area contributed by atoms with Crippen LogP contribution in [0.1, 0.15) is 11.6 Å². The Hall–Kier alpha value is -2.63. The van der Waals surface area contributed by atoms with Gasteiger partial charge in [-0.05, 0) is 19.1 Å². The zero-order chi connectivity index (χ0) is 13.9. The molecule has 3 rings (SSSR count). The first kappa shape index (κ1) is 12.4. The van der Waals surface area contributed by atoms with Gasteiger partial charge in [0.05, 0.1) is 6.54 Å². The van der Waals surface area contributed by atoms with E-state index in [0.29, 0.717) is 12.4 Å². The molecule has 0 fully saturated rings. The van der Waals surface area contributed by atoms with Crippen molar-refractivity contribution in [1.82, 2.24) is 24.7 Å². The molecular weight excluding hydrogens is 252 g/mol. The van der Waals surface area contributed by atoms with Crippen molar-refractivity contribution in [1.29, 1.82) is 0 Å². The van der Waals surface area contributed by atoms with Crippen LogP contribution in [0.3, 0.4) is 0 Å². The Kier molecular flexibility index (Phi) is 3.20. The van der Waals surface area contributed by atoms with Crippen LogP contribution in [-0.2, 0) is 13.6 Å². The number of aryl methyl sites for hydroxylation is 2. The largest absolute Gasteiger partial charge is 0.378 e. The van der Waals surface area contributed by atoms with Gasteiger partial charge in [0.1, 0.15) is 11.6 Å². The molecule has 0 bridgehead atoms. The van der Waals surface area contributed by atoms with E-state index in [-0.39, 0.29) is 0 Å². The number of hydrogen-bond acceptors (Lipinski definition) is 4. The molecule has 0 aliphatic heterocycles. The van der Waals surface area contributed by atoms with E-state index < -0.39 is 0 Å². The molecule has 20 heavy (non-hydrogen) atoms. The summed E-state index contributed by atoms with van der Waals surface area (Å²) in [5, 5.41) is 10.4. The van der Waals surface area contributed by atoms with Crippen molar-refractivity contribution in [2.45, 2.75) is 13.5 Å². The molecule has 0 atom stereocenters. The van der Waals surface area contributed by atoms with Crippen molar-refractivity contribution in [3.63, 3.8) is 0 Å². The van der Waals surface area contributed by atoms with Crippen molar-refractivity contribution in [3.8, 4) is 11.4 Å². The van der Waals surface area contributed by atoms with Gasteiger partial charge in [0.15, 0.2) is 5.82 Å². The van der Waals surface area contributed by atoms with Crippen LogP contribution in [0.2, 0.25) is 0 Å². The lowest BCUT2D eigenvalue weighted by atomic mass is 10.2. The summed E-state index contributed by atoms with van der Waals surface area (Å²) in [6.45, 7) is 2.57. The molecule has 0 amide bonds. The molecule has 3 aromatic rings. The molecule has 1 aromatic carbocycles. The fourth-order valence-corrected chi connectivity index (χ4v) is 1.99. The molecule has 6 nitrogen and oxygen atoms in total. The maximum atomic E-state index is 4.34. The van der Waals surface area contributed by atoms with Crippen LogP contribution in [-0.4, -0.2) is 24.7 Å². The Morgan fingerprint density at radius 3 is 2.95 bits per heavy atom. The third-order valence-corrected chi connectivity index (χ3v) is 3.09. The van der Waals surface area contributed by atoms with Crippen LogP contribution in [0, 0.1) is 6.92 Å². The predicted octanol–water partition coefficient (Wildman–Crippen LogP) is 2.13. The van der Waals surface area contributed by atoms with Gasteiger partial charge in [-0.2, -0.15) is 5.10 Å². The highest BCUT2D eigenvalue weighted by atomic mass is 15.2. The van der Waals surface area contributed by atoms with Gasteiger partial charge >= 0.3 is 0 Å². The zero-order valence-electron chi connectivity index (χ0n) is 11.5. The number of rotatable bonds is 4. The minimum atomic E-state index is 0.681. The number of hydrogen-bond donors (Lipinski definition) is 2. The summed E-state index contributed by atoms with van der Waals surface area (Å²) >= 11 is 0. The van der Waals surface area contributed by atoms with Gasteiger partial charge < -0.3 is 9.88 Å². The van der Waals surface area contributed by atoms with Crippen molar-refractivity contribution in [3.05, 3.63) is 48.3 Å². The summed E-state index contributed by atoms with van der Waals surface area (Å²) in [6.07, 6.45) is 3.73. The lowest BCUT2D eigenvalue weighted by Gasteiger charge is -2.07. The molecule has 0 radical (unpaired) electrons. The molecule has 0 aliphatic rings. The summed E-state index contributed by atoms with van der Waals surface area (Å²) in [4.78, 5) is 8.62. The second-order valence-electron chi connectivity index (χ2n) is 4.63. The summed E-state index contributed by atoms with van der Waals surface area (Å²) in [5.41, 5.74) is 2.01. The van der Waals surface area contributed by atoms with Crippen LogP contribution >= 0.6 is 0 Å². The van der Waals surface area contributed by atoms with Crippen molar-refractivity contribution < 1.29 is 0 Å². The van der Waals surface area contributed by atoms with E-state index >= 15 is 0 Å². The molecular formula is C14H16N6. The summed E-state index contributed by atoms with van der Waals surface area (Å²) in [7, 11) is 1.98. The SMILES string of the molecule is Cc1nc(-c2cccc(NCc3nccn3C)c2)n[nH]1. The summed E-state index contributed by atoms with van der Waals surface area (Å²) in [5.74, 6) is 2.51. The van der Waals surface area contributed by atoms with E-state index in [4.69, 9.17) is 0 Å². The minimum Gasteiger partial charge on any atom is -0.378 e. The summed E-state index contributed by atoms with van der Waals surface area (Å²) in [6, 6.07) is 8.04. The van der Waals surface area contributed by atoms with Gasteiger partial charge in [-0.3, -0.25) is 5.10 Å². The van der Waals surface area contributed by atoms with Gasteiger partial charge in [0, 0.05) is 30.7 Å². The third kappa shape index (κ3) is 2.54. The molecule has 2 N–H and O–H groups in total. The van der Waals surface area contributed by atoms with E-state index in [2.05, 4.69) is 25.5 Å². The smallest absolute Gasteiger partial charge is 0.181 e. The van der Waals surface area contributed by atoms with Gasteiger partial charge in [0.2, 0.25) is 0 Å². The first-order valence-electron chi connectivity index (χ1n) is 6.42. The fourth-order valence-electron chi connectivity index (χ4n) is 1.99. The van der Waals surface area contributed by atoms with Crippen molar-refractivity contribution >= 4 is 5.69 Å². The van der Waals surface area contributed by atoms with E-state index in [1.807, 2.05) is 49.0 Å². The zero-order valence-corrected chi connectivity index (χ0v) is 11.5. The fraction of sp³-hybridized carbons (Fsp3) is 0.214. The Morgan fingerprint density at radius 1 is 1.35 bits per heavy atom. The number of nitrogens with one attached hydrogen (secondary N) is 2. The highest BCUT2D eigenvalue weighted by molar-refractivity contribution is 5.62. The number of aromatic amines is 1. The quantitative estimate of drug-likeness (QED) is 0.760. The molecule has 0 saturated heterocycles. The van der Waals surface area contributed by atoms with Gasteiger partial charge in [-0.25, -0.2) is 9.97 Å². The topological polar surface area (TPSA) is 71.4 Å². The number of imidazole rings is 1. The lowest BCUT2D eigenvalue weighted by Crippen LogP contribution is -2.05. The molecule has 102 valence electrons. The number of H-pyrrole nitrogens is 1. The molecule has 0 saturated carbocycles. The Morgan fingerprint density at radius 2 is 2.25 bits per heavy atom. The van der Waals surface area contributed by atoms with Crippen LogP contribution in [0.5, 0.6) is 0 Å². The van der Waals surface area contributed by atoms with E-state index in [0.717, 1.165) is 22.9 Å². The maximum absolute atomic E-state index is 4.34. The number of anilines is 1.